The van der Waals surface area contributed by atoms with Gasteiger partial charge in [0.25, 0.3) is 0 Å². The Kier molecular flexibility index (Phi) is 4.28. The van der Waals surface area contributed by atoms with Crippen molar-refractivity contribution in [2.45, 2.75) is 24.4 Å². The molecule has 0 unspecified atom stereocenters. The lowest BCUT2D eigenvalue weighted by Crippen LogP contribution is -2.37. The Morgan fingerprint density at radius 3 is 2.50 bits per heavy atom. The zero-order valence-electron chi connectivity index (χ0n) is 14.2. The maximum atomic E-state index is 13.1. The van der Waals surface area contributed by atoms with Crippen LogP contribution in [-0.4, -0.2) is 30.8 Å². The van der Waals surface area contributed by atoms with E-state index in [1.54, 1.807) is 30.3 Å². The fourth-order valence-electron chi connectivity index (χ4n) is 3.28. The molecular weight excluding hydrogens is 337 g/mol. The Hall–Kier alpha value is -2.60. The number of nitrogens with one attached hydrogen (secondary N) is 1. The van der Waals surface area contributed by atoms with Gasteiger partial charge in [0.05, 0.1) is 11.5 Å². The van der Waals surface area contributed by atoms with E-state index in [1.807, 2.05) is 0 Å². The molecule has 1 heterocycles. The number of carbonyl (C=O) groups is 1. The van der Waals surface area contributed by atoms with E-state index in [4.69, 9.17) is 9.47 Å². The standard InChI is InChI=1S/C20H20FNO4/c21-15-4-2-14(3-5-15)20(7-8-20)19(24)22-12-16(23)13-1-6-17-18(11-13)26-10-9-25-17/h1-6,11,16,23H,7-10,12H2,(H,22,24)/t16-/m1/s1. The van der Waals surface area contributed by atoms with Crippen molar-refractivity contribution in [2.75, 3.05) is 19.8 Å². The van der Waals surface area contributed by atoms with Gasteiger partial charge < -0.3 is 19.9 Å². The van der Waals surface area contributed by atoms with Crippen LogP contribution in [0.4, 0.5) is 4.39 Å². The van der Waals surface area contributed by atoms with Crippen molar-refractivity contribution >= 4 is 5.91 Å². The minimum Gasteiger partial charge on any atom is -0.486 e. The summed E-state index contributed by atoms with van der Waals surface area (Å²) >= 11 is 0. The molecule has 2 N–H and O–H groups in total. The molecule has 136 valence electrons. The first-order valence-electron chi connectivity index (χ1n) is 8.70. The van der Waals surface area contributed by atoms with Crippen molar-refractivity contribution in [2.24, 2.45) is 0 Å². The van der Waals surface area contributed by atoms with Gasteiger partial charge in [0, 0.05) is 6.54 Å². The molecule has 1 amide bonds. The minimum atomic E-state index is -0.848. The van der Waals surface area contributed by atoms with Crippen molar-refractivity contribution in [3.05, 3.63) is 59.4 Å². The molecular formula is C20H20FNO4. The summed E-state index contributed by atoms with van der Waals surface area (Å²) in [7, 11) is 0. The van der Waals surface area contributed by atoms with Gasteiger partial charge in [-0.05, 0) is 48.2 Å². The van der Waals surface area contributed by atoms with E-state index >= 15 is 0 Å². The lowest BCUT2D eigenvalue weighted by molar-refractivity contribution is -0.124. The highest BCUT2D eigenvalue weighted by molar-refractivity contribution is 5.91. The largest absolute Gasteiger partial charge is 0.486 e. The number of aliphatic hydroxyl groups is 1. The Labute approximate surface area is 150 Å². The molecule has 2 aliphatic rings. The van der Waals surface area contributed by atoms with Gasteiger partial charge >= 0.3 is 0 Å². The highest BCUT2D eigenvalue weighted by Gasteiger charge is 2.51. The zero-order valence-corrected chi connectivity index (χ0v) is 14.2. The molecule has 1 fully saturated rings. The number of ether oxygens (including phenoxy) is 2. The molecule has 5 nitrogen and oxygen atoms in total. The zero-order chi connectivity index (χ0) is 18.1. The average Bonchev–Trinajstić information content (AvgIpc) is 3.48. The molecule has 1 aliphatic heterocycles. The number of hydrogen-bond acceptors (Lipinski definition) is 4. The SMILES string of the molecule is O=C(NC[C@@H](O)c1ccc2c(c1)OCCO2)C1(c2ccc(F)cc2)CC1. The normalized spacial score (nSPS) is 18.1. The summed E-state index contributed by atoms with van der Waals surface area (Å²) in [5.74, 6) is 0.799. The Bertz CT molecular complexity index is 817. The van der Waals surface area contributed by atoms with E-state index in [0.717, 1.165) is 18.4 Å². The first-order chi connectivity index (χ1) is 12.6. The molecule has 4 rings (SSSR count). The number of aliphatic hydroxyl groups excluding tert-OH is 1. The van der Waals surface area contributed by atoms with Gasteiger partial charge in [-0.25, -0.2) is 4.39 Å². The predicted octanol–water partition coefficient (Wildman–Crippen LogP) is 2.48. The summed E-state index contributed by atoms with van der Waals surface area (Å²) in [5, 5.41) is 13.2. The summed E-state index contributed by atoms with van der Waals surface area (Å²) in [4.78, 5) is 12.6. The number of halogens is 1. The summed E-state index contributed by atoms with van der Waals surface area (Å²) < 4.78 is 24.1. The molecule has 2 aromatic rings. The highest BCUT2D eigenvalue weighted by atomic mass is 19.1. The van der Waals surface area contributed by atoms with Crippen LogP contribution in [0.25, 0.3) is 0 Å². The molecule has 6 heteroatoms. The quantitative estimate of drug-likeness (QED) is 0.863. The molecule has 0 spiro atoms. The van der Waals surface area contributed by atoms with E-state index in [-0.39, 0.29) is 18.3 Å². The van der Waals surface area contributed by atoms with Crippen LogP contribution in [0.2, 0.25) is 0 Å². The van der Waals surface area contributed by atoms with E-state index in [2.05, 4.69) is 5.32 Å². The van der Waals surface area contributed by atoms with E-state index < -0.39 is 11.5 Å². The Balaban J connectivity index is 1.40. The second-order valence-corrected chi connectivity index (χ2v) is 6.72. The van der Waals surface area contributed by atoms with Gasteiger partial charge in [0.1, 0.15) is 19.0 Å². The van der Waals surface area contributed by atoms with Gasteiger partial charge in [-0.2, -0.15) is 0 Å². The van der Waals surface area contributed by atoms with Crippen LogP contribution in [0.15, 0.2) is 42.5 Å². The monoisotopic (exact) mass is 357 g/mol. The van der Waals surface area contributed by atoms with Crippen LogP contribution in [0.5, 0.6) is 11.5 Å². The summed E-state index contributed by atoms with van der Waals surface area (Å²) in [6, 6.07) is 11.3. The van der Waals surface area contributed by atoms with E-state index in [1.165, 1.54) is 12.1 Å². The molecule has 0 saturated heterocycles. The molecule has 26 heavy (non-hydrogen) atoms. The second-order valence-electron chi connectivity index (χ2n) is 6.72. The summed E-state index contributed by atoms with van der Waals surface area (Å²) in [6.07, 6.45) is 0.605. The Morgan fingerprint density at radius 2 is 1.81 bits per heavy atom. The first kappa shape index (κ1) is 16.8. The van der Waals surface area contributed by atoms with Crippen LogP contribution in [0.1, 0.15) is 30.1 Å². The van der Waals surface area contributed by atoms with E-state index in [0.29, 0.717) is 30.3 Å². The first-order valence-corrected chi connectivity index (χ1v) is 8.70. The van der Waals surface area contributed by atoms with Crippen molar-refractivity contribution in [3.8, 4) is 11.5 Å². The molecule has 0 radical (unpaired) electrons. The number of carbonyl (C=O) groups excluding carboxylic acids is 1. The van der Waals surface area contributed by atoms with Crippen molar-refractivity contribution in [3.63, 3.8) is 0 Å². The van der Waals surface area contributed by atoms with Crippen LogP contribution in [0, 0.1) is 5.82 Å². The molecule has 2 aromatic carbocycles. The van der Waals surface area contributed by atoms with Gasteiger partial charge in [-0.15, -0.1) is 0 Å². The Morgan fingerprint density at radius 1 is 1.12 bits per heavy atom. The third-order valence-electron chi connectivity index (χ3n) is 4.99. The number of rotatable bonds is 5. The fourth-order valence-corrected chi connectivity index (χ4v) is 3.28. The fraction of sp³-hybridized carbons (Fsp3) is 0.350. The molecule has 1 atom stereocenters. The third-order valence-corrected chi connectivity index (χ3v) is 4.99. The lowest BCUT2D eigenvalue weighted by atomic mass is 9.95. The van der Waals surface area contributed by atoms with E-state index in [9.17, 15) is 14.3 Å². The molecule has 0 bridgehead atoms. The summed E-state index contributed by atoms with van der Waals surface area (Å²) in [5.41, 5.74) is 0.867. The van der Waals surface area contributed by atoms with Gasteiger partial charge in [0.15, 0.2) is 11.5 Å². The molecule has 1 saturated carbocycles. The topological polar surface area (TPSA) is 67.8 Å². The van der Waals surface area contributed by atoms with Crippen molar-refractivity contribution in [1.82, 2.24) is 5.32 Å². The number of fused-ring (bicyclic) bond motifs is 1. The van der Waals surface area contributed by atoms with Gasteiger partial charge in [0.2, 0.25) is 5.91 Å². The second kappa shape index (κ2) is 6.61. The third kappa shape index (κ3) is 3.12. The number of hydrogen-bond donors (Lipinski definition) is 2. The minimum absolute atomic E-state index is 0.0986. The average molecular weight is 357 g/mol. The van der Waals surface area contributed by atoms with Gasteiger partial charge in [-0.1, -0.05) is 18.2 Å². The van der Waals surface area contributed by atoms with Crippen LogP contribution in [-0.2, 0) is 10.2 Å². The summed E-state index contributed by atoms with van der Waals surface area (Å²) in [6.45, 7) is 1.08. The number of benzene rings is 2. The molecule has 0 aromatic heterocycles. The van der Waals surface area contributed by atoms with Crippen LogP contribution in [0.3, 0.4) is 0 Å². The maximum Gasteiger partial charge on any atom is 0.230 e. The van der Waals surface area contributed by atoms with Crippen LogP contribution < -0.4 is 14.8 Å². The maximum absolute atomic E-state index is 13.1. The molecule has 1 aliphatic carbocycles. The highest BCUT2D eigenvalue weighted by Crippen LogP contribution is 2.48. The predicted molar refractivity (Wildman–Crippen MR) is 92.7 cm³/mol. The smallest absolute Gasteiger partial charge is 0.230 e. The number of amides is 1. The van der Waals surface area contributed by atoms with Crippen molar-refractivity contribution in [1.29, 1.82) is 0 Å². The van der Waals surface area contributed by atoms with Crippen LogP contribution >= 0.6 is 0 Å². The van der Waals surface area contributed by atoms with Gasteiger partial charge in [-0.3, -0.25) is 4.79 Å². The lowest BCUT2D eigenvalue weighted by Gasteiger charge is -2.21. The van der Waals surface area contributed by atoms with Crippen molar-refractivity contribution < 1.29 is 23.8 Å².